The average molecular weight is 509 g/mol. The maximum atomic E-state index is 13.4. The Labute approximate surface area is 199 Å². The fourth-order valence-corrected chi connectivity index (χ4v) is 3.93. The predicted octanol–water partition coefficient (Wildman–Crippen LogP) is 6.41. The van der Waals surface area contributed by atoms with Gasteiger partial charge in [0.25, 0.3) is 0 Å². The normalized spacial score (nSPS) is 11.6. The molecule has 0 aliphatic rings. The molecule has 0 radical (unpaired) electrons. The summed E-state index contributed by atoms with van der Waals surface area (Å²) in [6.07, 6.45) is -4.70. The molecule has 0 aliphatic carbocycles. The maximum Gasteiger partial charge on any atom is 0.417 e. The zero-order chi connectivity index (χ0) is 24.8. The summed E-state index contributed by atoms with van der Waals surface area (Å²) in [5, 5.41) is 11.1. The van der Waals surface area contributed by atoms with Gasteiger partial charge in [0.1, 0.15) is 5.82 Å². The van der Waals surface area contributed by atoms with Gasteiger partial charge in [-0.3, -0.25) is 0 Å². The number of carbonyl (C=O) groups excluding carboxylic acids is 1. The number of nitrogens with zero attached hydrogens (tertiary/aromatic N) is 1. The van der Waals surface area contributed by atoms with Crippen LogP contribution in [0.4, 0.5) is 23.7 Å². The molecule has 1 heterocycles. The van der Waals surface area contributed by atoms with E-state index in [1.807, 2.05) is 0 Å². The van der Waals surface area contributed by atoms with Gasteiger partial charge in [-0.15, -0.1) is 0 Å². The number of aromatic carboxylic acids is 1. The third-order valence-corrected chi connectivity index (χ3v) is 5.64. The molecule has 12 heteroatoms. The number of imidazole rings is 1. The fourth-order valence-electron chi connectivity index (χ4n) is 3.40. The van der Waals surface area contributed by atoms with E-state index in [1.165, 1.54) is 36.4 Å². The van der Waals surface area contributed by atoms with Gasteiger partial charge in [-0.05, 0) is 48.0 Å². The lowest BCUT2D eigenvalue weighted by atomic mass is 9.99. The van der Waals surface area contributed by atoms with Crippen LogP contribution in [0.15, 0.2) is 48.5 Å². The predicted molar refractivity (Wildman–Crippen MR) is 122 cm³/mol. The summed E-state index contributed by atoms with van der Waals surface area (Å²) < 4.78 is 40.2. The van der Waals surface area contributed by atoms with E-state index in [9.17, 15) is 27.9 Å². The quantitative estimate of drug-likeness (QED) is 0.254. The first-order chi connectivity index (χ1) is 15.9. The number of hydrogen-bond acceptors (Lipinski definition) is 3. The van der Waals surface area contributed by atoms with Crippen LogP contribution in [0.3, 0.4) is 0 Å². The molecule has 0 unspecified atom stereocenters. The van der Waals surface area contributed by atoms with Crippen molar-refractivity contribution in [3.05, 3.63) is 69.7 Å². The number of amides is 2. The highest BCUT2D eigenvalue weighted by Crippen LogP contribution is 2.42. The van der Waals surface area contributed by atoms with Crippen LogP contribution < -0.4 is 11.1 Å². The van der Waals surface area contributed by atoms with E-state index >= 15 is 0 Å². The van der Waals surface area contributed by atoms with Gasteiger partial charge in [-0.2, -0.15) is 13.2 Å². The number of carbonyl (C=O) groups is 2. The van der Waals surface area contributed by atoms with Gasteiger partial charge in [-0.1, -0.05) is 29.3 Å². The first kappa shape index (κ1) is 23.4. The topological polar surface area (TPSA) is 121 Å². The summed E-state index contributed by atoms with van der Waals surface area (Å²) in [5.74, 6) is -0.940. The number of fused-ring (bicyclic) bond motifs is 1. The molecule has 0 spiro atoms. The van der Waals surface area contributed by atoms with Crippen LogP contribution in [0.2, 0.25) is 10.0 Å². The smallest absolute Gasteiger partial charge is 0.417 e. The first-order valence-electron chi connectivity index (χ1n) is 9.44. The highest BCUT2D eigenvalue weighted by atomic mass is 35.5. The number of halogens is 5. The van der Waals surface area contributed by atoms with Crippen molar-refractivity contribution in [2.45, 2.75) is 6.18 Å². The van der Waals surface area contributed by atoms with Crippen molar-refractivity contribution >= 4 is 51.9 Å². The Hall–Kier alpha value is -3.76. The standard InChI is InChI=1S/C22H13Cl2F3N4O3/c23-15-3-1-9(5-14(15)22(25,26)27)12-7-11(29-21(28)34)8-13(18(12)24)19-30-16-4-2-10(20(32)33)6-17(16)31-19/h1-8H,(H,30,31)(H,32,33)(H3,28,29,34). The van der Waals surface area contributed by atoms with E-state index in [4.69, 9.17) is 28.9 Å². The molecule has 0 saturated heterocycles. The number of aromatic nitrogens is 2. The molecule has 2 amide bonds. The van der Waals surface area contributed by atoms with Crippen LogP contribution in [0.5, 0.6) is 0 Å². The fraction of sp³-hybridized carbons (Fsp3) is 0.0455. The second kappa shape index (κ2) is 8.54. The highest BCUT2D eigenvalue weighted by molar-refractivity contribution is 6.36. The van der Waals surface area contributed by atoms with Gasteiger partial charge in [-0.25, -0.2) is 14.6 Å². The minimum absolute atomic E-state index is 0.0160. The summed E-state index contributed by atoms with van der Waals surface area (Å²) in [7, 11) is 0. The molecular weight excluding hydrogens is 496 g/mol. The van der Waals surface area contributed by atoms with Crippen LogP contribution in [0, 0.1) is 0 Å². The number of aromatic amines is 1. The van der Waals surface area contributed by atoms with Crippen molar-refractivity contribution in [2.75, 3.05) is 5.32 Å². The number of H-pyrrole nitrogens is 1. The maximum absolute atomic E-state index is 13.4. The number of primary amides is 1. The van der Waals surface area contributed by atoms with Gasteiger partial charge in [0, 0.05) is 16.8 Å². The van der Waals surface area contributed by atoms with Crippen molar-refractivity contribution in [3.8, 4) is 22.5 Å². The van der Waals surface area contributed by atoms with Crippen LogP contribution >= 0.6 is 23.2 Å². The van der Waals surface area contributed by atoms with Gasteiger partial charge in [0.05, 0.1) is 32.2 Å². The van der Waals surface area contributed by atoms with E-state index in [2.05, 4.69) is 15.3 Å². The van der Waals surface area contributed by atoms with Crippen LogP contribution in [0.25, 0.3) is 33.5 Å². The number of carboxylic acids is 1. The highest BCUT2D eigenvalue weighted by Gasteiger charge is 2.33. The number of benzene rings is 3. The molecule has 3 aromatic carbocycles. The Balaban J connectivity index is 1.93. The molecule has 5 N–H and O–H groups in total. The van der Waals surface area contributed by atoms with E-state index in [1.54, 1.807) is 0 Å². The molecule has 4 aromatic rings. The number of alkyl halides is 3. The Morgan fingerprint density at radius 3 is 2.38 bits per heavy atom. The summed E-state index contributed by atoms with van der Waals surface area (Å²) in [4.78, 5) is 30.1. The number of nitrogens with two attached hydrogens (primary N) is 1. The lowest BCUT2D eigenvalue weighted by molar-refractivity contribution is -0.137. The van der Waals surface area contributed by atoms with Crippen molar-refractivity contribution in [2.24, 2.45) is 5.73 Å². The Bertz CT molecular complexity index is 1470. The Morgan fingerprint density at radius 1 is 1.03 bits per heavy atom. The molecule has 0 saturated carbocycles. The first-order valence-corrected chi connectivity index (χ1v) is 10.2. The van der Waals surface area contributed by atoms with Gasteiger partial charge < -0.3 is 21.1 Å². The zero-order valence-corrected chi connectivity index (χ0v) is 18.3. The van der Waals surface area contributed by atoms with Crippen molar-refractivity contribution in [1.82, 2.24) is 9.97 Å². The minimum Gasteiger partial charge on any atom is -0.478 e. The number of rotatable bonds is 4. The van der Waals surface area contributed by atoms with Gasteiger partial charge in [0.15, 0.2) is 0 Å². The van der Waals surface area contributed by atoms with Crippen molar-refractivity contribution in [1.29, 1.82) is 0 Å². The van der Waals surface area contributed by atoms with Crippen LogP contribution in [0.1, 0.15) is 15.9 Å². The second-order valence-electron chi connectivity index (χ2n) is 7.19. The van der Waals surface area contributed by atoms with Crippen molar-refractivity contribution < 1.29 is 27.9 Å². The van der Waals surface area contributed by atoms with E-state index in [-0.39, 0.29) is 38.8 Å². The summed E-state index contributed by atoms with van der Waals surface area (Å²) >= 11 is 12.3. The Kier molecular flexibility index (Phi) is 5.88. The molecule has 0 atom stereocenters. The summed E-state index contributed by atoms with van der Waals surface area (Å²) in [5.41, 5.74) is 5.62. The van der Waals surface area contributed by atoms with Gasteiger partial charge >= 0.3 is 18.2 Å². The second-order valence-corrected chi connectivity index (χ2v) is 7.97. The molecular formula is C22H13Cl2F3N4O3. The van der Waals surface area contributed by atoms with Gasteiger partial charge in [0.2, 0.25) is 0 Å². The number of carboxylic acid groups (broad SMARTS) is 1. The molecule has 34 heavy (non-hydrogen) atoms. The molecule has 0 aliphatic heterocycles. The largest absolute Gasteiger partial charge is 0.478 e. The van der Waals surface area contributed by atoms with E-state index in [0.717, 1.165) is 12.1 Å². The Morgan fingerprint density at radius 2 is 1.74 bits per heavy atom. The van der Waals surface area contributed by atoms with Crippen molar-refractivity contribution in [3.63, 3.8) is 0 Å². The molecule has 174 valence electrons. The third-order valence-electron chi connectivity index (χ3n) is 4.91. The molecule has 7 nitrogen and oxygen atoms in total. The monoisotopic (exact) mass is 508 g/mol. The average Bonchev–Trinajstić information content (AvgIpc) is 3.17. The summed E-state index contributed by atoms with van der Waals surface area (Å²) in [6, 6.07) is 9.46. The molecule has 4 rings (SSSR count). The number of anilines is 1. The molecule has 1 aromatic heterocycles. The van der Waals surface area contributed by atoms with E-state index in [0.29, 0.717) is 11.0 Å². The third kappa shape index (κ3) is 4.50. The number of hydrogen-bond donors (Lipinski definition) is 4. The number of nitrogens with one attached hydrogen (secondary N) is 2. The zero-order valence-electron chi connectivity index (χ0n) is 16.8. The molecule has 0 bridgehead atoms. The van der Waals surface area contributed by atoms with Crippen LogP contribution in [-0.2, 0) is 6.18 Å². The minimum atomic E-state index is -4.70. The lowest BCUT2D eigenvalue weighted by Gasteiger charge is -2.15. The van der Waals surface area contributed by atoms with E-state index < -0.39 is 28.8 Å². The number of urea groups is 1. The molecule has 0 fully saturated rings. The summed E-state index contributed by atoms with van der Waals surface area (Å²) in [6.45, 7) is 0. The van der Waals surface area contributed by atoms with Crippen LogP contribution in [-0.4, -0.2) is 27.1 Å². The lowest BCUT2D eigenvalue weighted by Crippen LogP contribution is -2.19. The SMILES string of the molecule is NC(=O)Nc1cc(-c2ccc(Cl)c(C(F)(F)F)c2)c(Cl)c(-c2nc3cc(C(=O)O)ccc3[nH]2)c1.